The first-order chi connectivity index (χ1) is 10.6. The topological polar surface area (TPSA) is 29.1 Å². The molecule has 0 unspecified atom stereocenters. The molecule has 2 nitrogen and oxygen atoms in total. The molecule has 0 aliphatic heterocycles. The summed E-state index contributed by atoms with van der Waals surface area (Å²) in [6.45, 7) is 2.07. The second-order valence-corrected chi connectivity index (χ2v) is 7.22. The zero-order valence-electron chi connectivity index (χ0n) is 12.2. The van der Waals surface area contributed by atoms with E-state index in [1.807, 2.05) is 48.5 Å². The summed E-state index contributed by atoms with van der Waals surface area (Å²) in [7, 11) is 0. The van der Waals surface area contributed by atoms with Crippen LogP contribution in [-0.4, -0.2) is 11.7 Å². The maximum atomic E-state index is 12.1. The number of halogens is 2. The predicted octanol–water partition coefficient (Wildman–Crippen LogP) is 5.46. The van der Waals surface area contributed by atoms with E-state index in [9.17, 15) is 4.79 Å². The molecule has 0 bridgehead atoms. The van der Waals surface area contributed by atoms with E-state index in [4.69, 9.17) is 11.6 Å². The van der Waals surface area contributed by atoms with Gasteiger partial charge >= 0.3 is 0 Å². The molecular weight excluding hydrogens is 382 g/mol. The van der Waals surface area contributed by atoms with E-state index in [0.717, 1.165) is 21.4 Å². The Hall–Kier alpha value is -0.970. The molecule has 0 heterocycles. The Bertz CT molecular complexity index is 616. The molecule has 0 spiro atoms. The standard InChI is InChI=1S/C17H17BrClNOS/c1-2-16(12-3-5-13(18)6-4-12)20-17(21)11-22-15-9-7-14(19)8-10-15/h3-10,16H,2,11H2,1H3,(H,20,21)/t16-/m1/s1. The second kappa shape index (κ2) is 8.61. The minimum absolute atomic E-state index is 0.0368. The molecule has 2 aromatic carbocycles. The van der Waals surface area contributed by atoms with Crippen molar-refractivity contribution in [3.8, 4) is 0 Å². The Morgan fingerprint density at radius 1 is 1.18 bits per heavy atom. The van der Waals surface area contributed by atoms with Crippen molar-refractivity contribution in [1.29, 1.82) is 0 Å². The molecule has 5 heteroatoms. The number of carbonyl (C=O) groups excluding carboxylic acids is 1. The van der Waals surface area contributed by atoms with Crippen molar-refractivity contribution < 1.29 is 4.79 Å². The normalized spacial score (nSPS) is 12.0. The van der Waals surface area contributed by atoms with Crippen molar-refractivity contribution in [2.24, 2.45) is 0 Å². The van der Waals surface area contributed by atoms with Crippen molar-refractivity contribution in [2.75, 3.05) is 5.75 Å². The van der Waals surface area contributed by atoms with Gasteiger partial charge in [-0.2, -0.15) is 0 Å². The van der Waals surface area contributed by atoms with E-state index in [0.29, 0.717) is 10.8 Å². The van der Waals surface area contributed by atoms with Crippen LogP contribution >= 0.6 is 39.3 Å². The van der Waals surface area contributed by atoms with Crippen LogP contribution in [0.5, 0.6) is 0 Å². The van der Waals surface area contributed by atoms with Crippen LogP contribution in [0.15, 0.2) is 57.9 Å². The number of hydrogen-bond donors (Lipinski definition) is 1. The average molecular weight is 399 g/mol. The maximum absolute atomic E-state index is 12.1. The summed E-state index contributed by atoms with van der Waals surface area (Å²) in [6.07, 6.45) is 0.860. The van der Waals surface area contributed by atoms with Gasteiger partial charge in [-0.15, -0.1) is 11.8 Å². The van der Waals surface area contributed by atoms with Gasteiger partial charge in [-0.1, -0.05) is 46.6 Å². The fourth-order valence-electron chi connectivity index (χ4n) is 2.03. The van der Waals surface area contributed by atoms with Crippen LogP contribution in [0, 0.1) is 0 Å². The summed E-state index contributed by atoms with van der Waals surface area (Å²) >= 11 is 10.8. The molecule has 2 aromatic rings. The van der Waals surface area contributed by atoms with E-state index in [2.05, 4.69) is 28.2 Å². The van der Waals surface area contributed by atoms with Crippen molar-refractivity contribution in [2.45, 2.75) is 24.3 Å². The molecule has 116 valence electrons. The molecule has 1 N–H and O–H groups in total. The Kier molecular flexibility index (Phi) is 6.80. The lowest BCUT2D eigenvalue weighted by molar-refractivity contribution is -0.119. The van der Waals surface area contributed by atoms with Gasteiger partial charge < -0.3 is 5.32 Å². The zero-order valence-corrected chi connectivity index (χ0v) is 15.3. The Balaban J connectivity index is 1.89. The molecule has 2 rings (SSSR count). The van der Waals surface area contributed by atoms with Crippen LogP contribution in [0.4, 0.5) is 0 Å². The summed E-state index contributed by atoms with van der Waals surface area (Å²) < 4.78 is 1.04. The fourth-order valence-corrected chi connectivity index (χ4v) is 3.13. The highest BCUT2D eigenvalue weighted by atomic mass is 79.9. The average Bonchev–Trinajstić information content (AvgIpc) is 2.53. The SMILES string of the molecule is CC[C@@H](NC(=O)CSc1ccc(Cl)cc1)c1ccc(Br)cc1. The fraction of sp³-hybridized carbons (Fsp3) is 0.235. The van der Waals surface area contributed by atoms with Gasteiger partial charge in [-0.3, -0.25) is 4.79 Å². The summed E-state index contributed by atoms with van der Waals surface area (Å²) in [5.74, 6) is 0.434. The molecule has 0 saturated carbocycles. The van der Waals surface area contributed by atoms with Crippen LogP contribution in [0.2, 0.25) is 5.02 Å². The van der Waals surface area contributed by atoms with E-state index in [1.54, 1.807) is 0 Å². The lowest BCUT2D eigenvalue weighted by atomic mass is 10.0. The zero-order chi connectivity index (χ0) is 15.9. The lowest BCUT2D eigenvalue weighted by Crippen LogP contribution is -2.29. The third kappa shape index (κ3) is 5.34. The molecule has 0 radical (unpaired) electrons. The second-order valence-electron chi connectivity index (χ2n) is 4.82. The third-order valence-electron chi connectivity index (χ3n) is 3.20. The van der Waals surface area contributed by atoms with E-state index < -0.39 is 0 Å². The first-order valence-corrected chi connectivity index (χ1v) is 9.17. The largest absolute Gasteiger partial charge is 0.349 e. The van der Waals surface area contributed by atoms with Crippen molar-refractivity contribution in [1.82, 2.24) is 5.32 Å². The van der Waals surface area contributed by atoms with Gasteiger partial charge in [0.1, 0.15) is 0 Å². The molecule has 0 aliphatic carbocycles. The highest BCUT2D eigenvalue weighted by Crippen LogP contribution is 2.22. The highest BCUT2D eigenvalue weighted by Gasteiger charge is 2.12. The van der Waals surface area contributed by atoms with Crippen LogP contribution in [-0.2, 0) is 4.79 Å². The molecule has 0 aromatic heterocycles. The van der Waals surface area contributed by atoms with Gasteiger partial charge in [0.05, 0.1) is 11.8 Å². The minimum Gasteiger partial charge on any atom is -0.349 e. The summed E-state index contributed by atoms with van der Waals surface area (Å²) in [6, 6.07) is 15.6. The number of carbonyl (C=O) groups is 1. The molecule has 1 atom stereocenters. The van der Waals surface area contributed by atoms with Crippen LogP contribution < -0.4 is 5.32 Å². The number of hydrogen-bond acceptors (Lipinski definition) is 2. The number of benzene rings is 2. The smallest absolute Gasteiger partial charge is 0.230 e. The van der Waals surface area contributed by atoms with Gasteiger partial charge in [0.25, 0.3) is 0 Å². The molecule has 0 aliphatic rings. The van der Waals surface area contributed by atoms with Gasteiger partial charge in [0.15, 0.2) is 0 Å². The number of nitrogens with one attached hydrogen (secondary N) is 1. The Labute approximate surface area is 148 Å². The maximum Gasteiger partial charge on any atom is 0.230 e. The Morgan fingerprint density at radius 3 is 2.41 bits per heavy atom. The first-order valence-electron chi connectivity index (χ1n) is 7.01. The molecular formula is C17H17BrClNOS. The summed E-state index contributed by atoms with van der Waals surface area (Å²) in [4.78, 5) is 13.2. The molecule has 1 amide bonds. The third-order valence-corrected chi connectivity index (χ3v) is 4.99. The molecule has 0 saturated heterocycles. The van der Waals surface area contributed by atoms with Gasteiger partial charge in [-0.25, -0.2) is 0 Å². The number of rotatable bonds is 6. The van der Waals surface area contributed by atoms with Gasteiger partial charge in [-0.05, 0) is 48.4 Å². The number of amides is 1. The van der Waals surface area contributed by atoms with E-state index in [1.165, 1.54) is 11.8 Å². The van der Waals surface area contributed by atoms with E-state index >= 15 is 0 Å². The van der Waals surface area contributed by atoms with Crippen molar-refractivity contribution >= 4 is 45.2 Å². The highest BCUT2D eigenvalue weighted by molar-refractivity contribution is 9.10. The van der Waals surface area contributed by atoms with Gasteiger partial charge in [0.2, 0.25) is 5.91 Å². The van der Waals surface area contributed by atoms with E-state index in [-0.39, 0.29) is 11.9 Å². The van der Waals surface area contributed by atoms with Crippen LogP contribution in [0.25, 0.3) is 0 Å². The first kappa shape index (κ1) is 17.4. The van der Waals surface area contributed by atoms with Crippen molar-refractivity contribution in [3.05, 3.63) is 63.6 Å². The minimum atomic E-state index is 0.0368. The van der Waals surface area contributed by atoms with Crippen molar-refractivity contribution in [3.63, 3.8) is 0 Å². The quantitative estimate of drug-likeness (QED) is 0.654. The number of thioether (sulfide) groups is 1. The predicted molar refractivity (Wildman–Crippen MR) is 97.5 cm³/mol. The summed E-state index contributed by atoms with van der Waals surface area (Å²) in [5, 5.41) is 3.79. The molecule has 22 heavy (non-hydrogen) atoms. The monoisotopic (exact) mass is 397 g/mol. The van der Waals surface area contributed by atoms with Crippen LogP contribution in [0.3, 0.4) is 0 Å². The van der Waals surface area contributed by atoms with Gasteiger partial charge in [0, 0.05) is 14.4 Å². The van der Waals surface area contributed by atoms with Crippen LogP contribution in [0.1, 0.15) is 24.9 Å². The molecule has 0 fully saturated rings. The lowest BCUT2D eigenvalue weighted by Gasteiger charge is -2.17. The summed E-state index contributed by atoms with van der Waals surface area (Å²) in [5.41, 5.74) is 1.12. The Morgan fingerprint density at radius 2 is 1.82 bits per heavy atom.